The molecule has 3 atom stereocenters. The van der Waals surface area contributed by atoms with Crippen molar-refractivity contribution < 1.29 is 31.7 Å². The number of alkyl halides is 2. The molecule has 4 heterocycles. The number of fused-ring (bicyclic) bond motifs is 9. The van der Waals surface area contributed by atoms with Crippen LogP contribution in [0.3, 0.4) is 0 Å². The van der Waals surface area contributed by atoms with Crippen LogP contribution in [-0.2, 0) is 21.3 Å². The second-order valence-electron chi connectivity index (χ2n) is 17.6. The lowest BCUT2D eigenvalue weighted by Crippen LogP contribution is -2.67. The highest BCUT2D eigenvalue weighted by molar-refractivity contribution is 7.90. The van der Waals surface area contributed by atoms with Crippen molar-refractivity contribution >= 4 is 36.6 Å². The van der Waals surface area contributed by atoms with Gasteiger partial charge in [0.05, 0.1) is 28.7 Å². The lowest BCUT2D eigenvalue weighted by molar-refractivity contribution is -0.0720. The van der Waals surface area contributed by atoms with Crippen LogP contribution in [0.1, 0.15) is 107 Å². The number of rotatable bonds is 8. The highest BCUT2D eigenvalue weighted by Gasteiger charge is 2.61. The Morgan fingerprint density at radius 1 is 1.06 bits per heavy atom. The summed E-state index contributed by atoms with van der Waals surface area (Å²) in [6, 6.07) is 10.8. The van der Waals surface area contributed by atoms with Crippen molar-refractivity contribution in [2.24, 2.45) is 0 Å². The van der Waals surface area contributed by atoms with E-state index >= 15 is 4.39 Å². The number of ether oxygens (including phenoxy) is 1. The first-order valence-electron chi connectivity index (χ1n) is 18.0. The molecule has 2 aliphatic heterocycles. The molecule has 284 valence electrons. The number of imidazole rings is 1. The molecular weight excluding hydrogens is 720 g/mol. The molecule has 1 fully saturated rings. The highest BCUT2D eigenvalue weighted by atomic mass is 32.2. The maximum Gasteiger partial charge on any atom is 0.387 e. The lowest BCUT2D eigenvalue weighted by atomic mass is 9.64. The van der Waals surface area contributed by atoms with Gasteiger partial charge in [0.2, 0.25) is 0 Å². The fourth-order valence-electron chi connectivity index (χ4n) is 8.09. The summed E-state index contributed by atoms with van der Waals surface area (Å²) in [6.07, 6.45) is 2.89. The van der Waals surface area contributed by atoms with Crippen molar-refractivity contribution in [3.05, 3.63) is 77.1 Å². The summed E-state index contributed by atoms with van der Waals surface area (Å²) in [7, 11) is -0.480. The van der Waals surface area contributed by atoms with Crippen LogP contribution < -0.4 is 9.46 Å². The predicted molar refractivity (Wildman–Crippen MR) is 202 cm³/mol. The second-order valence-corrected chi connectivity index (χ2v) is 24.3. The van der Waals surface area contributed by atoms with Crippen LogP contribution in [0.15, 0.2) is 48.7 Å². The van der Waals surface area contributed by atoms with Gasteiger partial charge in [0, 0.05) is 60.6 Å². The molecule has 2 bridgehead atoms. The molecule has 0 radical (unpaired) electrons. The van der Waals surface area contributed by atoms with Crippen molar-refractivity contribution in [3.63, 3.8) is 0 Å². The SMILES string of the molecule is CN1C(=O)c2cccc(OC(F)F)c2[C@H]2C[C@@H]1c1nc3ccc(-c4cnc(C5(N[S+]([O-])C(C)(C)C)CC(C)(O[Si](C)(C)C(C)(C)C)C5)c(F)c4)cc3n12. The molecule has 2 aromatic carbocycles. The standard InChI is InChI=1S/C39H48F3N5O4SSi/c1-36(2,3)52(49)45-39(20-38(7,21-39)51-53(9,10)37(4,5)6)32-25(40)16-23(19-43-32)22-14-15-26-27(17-22)47-28-18-29(33(47)44-26)46(8)34(48)24-12-11-13-30(31(24)28)50-35(41)42/h11-17,19,28-29,35,45H,18,20-21H2,1-10H3/t28-,29-,38?,39?,52?/m1/s1. The van der Waals surface area contributed by atoms with Crippen LogP contribution >= 0.6 is 0 Å². The van der Waals surface area contributed by atoms with E-state index in [0.29, 0.717) is 58.4 Å². The minimum atomic E-state index is -3.06. The van der Waals surface area contributed by atoms with Crippen molar-refractivity contribution in [3.8, 4) is 16.9 Å². The number of carbonyl (C=O) groups excluding carboxylic acids is 1. The van der Waals surface area contributed by atoms with E-state index in [1.165, 1.54) is 12.1 Å². The van der Waals surface area contributed by atoms with Crippen LogP contribution in [-0.4, -0.2) is 62.2 Å². The van der Waals surface area contributed by atoms with Gasteiger partial charge in [0.15, 0.2) is 8.32 Å². The molecule has 7 rings (SSSR count). The van der Waals surface area contributed by atoms with Gasteiger partial charge in [-0.15, -0.1) is 4.72 Å². The van der Waals surface area contributed by atoms with Gasteiger partial charge in [-0.05, 0) is 81.7 Å². The minimum absolute atomic E-state index is 0.0195. The van der Waals surface area contributed by atoms with Gasteiger partial charge in [-0.3, -0.25) is 9.78 Å². The van der Waals surface area contributed by atoms with Crippen LogP contribution in [0.5, 0.6) is 5.75 Å². The molecule has 1 unspecified atom stereocenters. The maximum atomic E-state index is 16.5. The molecular formula is C39H48F3N5O4SSi. The highest BCUT2D eigenvalue weighted by Crippen LogP contribution is 2.55. The van der Waals surface area contributed by atoms with Gasteiger partial charge >= 0.3 is 6.61 Å². The van der Waals surface area contributed by atoms with E-state index in [0.717, 1.165) is 0 Å². The van der Waals surface area contributed by atoms with Crippen molar-refractivity contribution in [1.82, 2.24) is 24.2 Å². The van der Waals surface area contributed by atoms with E-state index in [4.69, 9.17) is 19.1 Å². The molecule has 3 aliphatic rings. The molecule has 9 nitrogen and oxygen atoms in total. The second kappa shape index (κ2) is 12.6. The third kappa shape index (κ3) is 6.37. The number of pyridine rings is 1. The minimum Gasteiger partial charge on any atom is -0.598 e. The molecule has 14 heteroatoms. The average Bonchev–Trinajstić information content (AvgIpc) is 3.55. The van der Waals surface area contributed by atoms with E-state index in [2.05, 4.69) is 38.6 Å². The van der Waals surface area contributed by atoms with Crippen LogP contribution in [0.25, 0.3) is 22.2 Å². The fraction of sp³-hybridized carbons (Fsp3) is 0.513. The monoisotopic (exact) mass is 767 g/mol. The van der Waals surface area contributed by atoms with Crippen molar-refractivity contribution in [2.75, 3.05) is 7.05 Å². The number of benzene rings is 2. The first-order valence-corrected chi connectivity index (χ1v) is 22.0. The maximum absolute atomic E-state index is 16.5. The van der Waals surface area contributed by atoms with Gasteiger partial charge in [0.25, 0.3) is 5.91 Å². The zero-order valence-electron chi connectivity index (χ0n) is 31.9. The van der Waals surface area contributed by atoms with Gasteiger partial charge < -0.3 is 23.2 Å². The van der Waals surface area contributed by atoms with Gasteiger partial charge in [-0.1, -0.05) is 32.9 Å². The Kier molecular flexibility index (Phi) is 8.97. The molecule has 2 aromatic heterocycles. The van der Waals surface area contributed by atoms with E-state index in [1.807, 2.05) is 50.5 Å². The molecule has 1 amide bonds. The fourth-order valence-corrected chi connectivity index (χ4v) is 10.7. The third-order valence-corrected chi connectivity index (χ3v) is 17.8. The van der Waals surface area contributed by atoms with Crippen LogP contribution in [0.2, 0.25) is 18.1 Å². The summed E-state index contributed by atoms with van der Waals surface area (Å²) in [5.74, 6) is -0.216. The summed E-state index contributed by atoms with van der Waals surface area (Å²) in [5.41, 5.74) is 1.92. The topological polar surface area (TPSA) is 105 Å². The number of hydrogen-bond acceptors (Lipinski definition) is 7. The van der Waals surface area contributed by atoms with E-state index in [-0.39, 0.29) is 28.4 Å². The third-order valence-electron chi connectivity index (χ3n) is 11.5. The zero-order chi connectivity index (χ0) is 38.6. The Labute approximate surface area is 313 Å². The smallest absolute Gasteiger partial charge is 0.387 e. The molecule has 0 spiro atoms. The quantitative estimate of drug-likeness (QED) is 0.141. The summed E-state index contributed by atoms with van der Waals surface area (Å²) < 4.78 is 73.6. The number of hydrogen-bond donors (Lipinski definition) is 1. The van der Waals surface area contributed by atoms with Crippen molar-refractivity contribution in [2.45, 2.75) is 120 Å². The molecule has 53 heavy (non-hydrogen) atoms. The zero-order valence-corrected chi connectivity index (χ0v) is 33.8. The molecule has 1 saturated carbocycles. The first-order chi connectivity index (χ1) is 24.5. The summed E-state index contributed by atoms with van der Waals surface area (Å²) in [6.45, 7) is 15.5. The number of halogens is 3. The summed E-state index contributed by atoms with van der Waals surface area (Å²) in [5, 5.41) is -0.0195. The largest absolute Gasteiger partial charge is 0.598 e. The Balaban J connectivity index is 1.27. The number of carbonyl (C=O) groups is 1. The molecule has 1 N–H and O–H groups in total. The van der Waals surface area contributed by atoms with E-state index in [1.54, 1.807) is 30.3 Å². The molecule has 4 aromatic rings. The van der Waals surface area contributed by atoms with Gasteiger partial charge in [0.1, 0.15) is 33.4 Å². The molecule has 0 saturated heterocycles. The number of amides is 1. The number of nitrogens with zero attached hydrogens (tertiary/aromatic N) is 4. The Bertz CT molecular complexity index is 2110. The Morgan fingerprint density at radius 2 is 1.75 bits per heavy atom. The number of nitrogens with one attached hydrogen (secondary N) is 1. The van der Waals surface area contributed by atoms with Gasteiger partial charge in [-0.2, -0.15) is 8.78 Å². The normalized spacial score (nSPS) is 25.0. The average molecular weight is 768 g/mol. The first kappa shape index (κ1) is 37.9. The van der Waals surface area contributed by atoms with Crippen LogP contribution in [0, 0.1) is 5.82 Å². The number of aromatic nitrogens is 3. The van der Waals surface area contributed by atoms with Crippen LogP contribution in [0.4, 0.5) is 13.2 Å². The predicted octanol–water partition coefficient (Wildman–Crippen LogP) is 8.78. The van der Waals surface area contributed by atoms with Crippen molar-refractivity contribution in [1.29, 1.82) is 0 Å². The summed E-state index contributed by atoms with van der Waals surface area (Å²) >= 11 is -1.51. The molecule has 1 aliphatic carbocycles. The Morgan fingerprint density at radius 3 is 2.38 bits per heavy atom. The Hall–Kier alpha value is -3.43. The lowest BCUT2D eigenvalue weighted by Gasteiger charge is -2.57. The van der Waals surface area contributed by atoms with E-state index < -0.39 is 54.0 Å². The summed E-state index contributed by atoms with van der Waals surface area (Å²) in [4.78, 5) is 24.7. The van der Waals surface area contributed by atoms with Gasteiger partial charge in [-0.25, -0.2) is 9.37 Å². The van der Waals surface area contributed by atoms with E-state index in [9.17, 15) is 18.1 Å².